The molecule has 1 aromatic carbocycles. The van der Waals surface area contributed by atoms with E-state index in [2.05, 4.69) is 24.1 Å². The molecule has 4 N–H and O–H groups in total. The lowest BCUT2D eigenvalue weighted by molar-refractivity contribution is 0.257. The molecular formula is C13H20N4O2. The summed E-state index contributed by atoms with van der Waals surface area (Å²) in [6.07, 6.45) is 1.54. The first-order valence-electron chi connectivity index (χ1n) is 5.95. The fourth-order valence-electron chi connectivity index (χ4n) is 1.30. The summed E-state index contributed by atoms with van der Waals surface area (Å²) < 4.78 is 10.9. The Balaban J connectivity index is 2.83. The van der Waals surface area contributed by atoms with Crippen LogP contribution < -0.4 is 20.9 Å². The minimum absolute atomic E-state index is 0.0832. The molecule has 6 heteroatoms. The maximum atomic E-state index is 5.65. The molecule has 6 nitrogen and oxygen atoms in total. The van der Waals surface area contributed by atoms with Crippen molar-refractivity contribution >= 4 is 12.2 Å². The molecule has 1 rings (SSSR count). The third-order valence-electron chi connectivity index (χ3n) is 2.14. The Kier molecular flexibility index (Phi) is 5.66. The number of ether oxygens (including phenoxy) is 2. The molecule has 0 unspecified atom stereocenters. The lowest BCUT2D eigenvalue weighted by Gasteiger charge is -2.12. The fraction of sp³-hybridized carbons (Fsp3) is 0.385. The van der Waals surface area contributed by atoms with E-state index in [4.69, 9.17) is 20.9 Å². The third kappa shape index (κ3) is 5.29. The Bertz CT molecular complexity index is 466. The first kappa shape index (κ1) is 14.8. The van der Waals surface area contributed by atoms with E-state index in [0.29, 0.717) is 24.0 Å². The van der Waals surface area contributed by atoms with E-state index in [0.717, 1.165) is 5.56 Å². The highest BCUT2D eigenvalue weighted by molar-refractivity contribution is 5.82. The summed E-state index contributed by atoms with van der Waals surface area (Å²) in [5.74, 6) is 1.72. The zero-order chi connectivity index (χ0) is 14.3. The summed E-state index contributed by atoms with van der Waals surface area (Å²) >= 11 is 0. The summed E-state index contributed by atoms with van der Waals surface area (Å²) in [6.45, 7) is 4.81. The van der Waals surface area contributed by atoms with Crippen LogP contribution in [0.25, 0.3) is 0 Å². The van der Waals surface area contributed by atoms with Crippen LogP contribution in [-0.2, 0) is 0 Å². The molecule has 0 bridgehead atoms. The van der Waals surface area contributed by atoms with Crippen molar-refractivity contribution in [2.75, 3.05) is 13.7 Å². The molecule has 0 fully saturated rings. The van der Waals surface area contributed by atoms with Gasteiger partial charge >= 0.3 is 0 Å². The highest BCUT2D eigenvalue weighted by Crippen LogP contribution is 2.27. The SMILES string of the molecule is COc1cc(/C=N/N=C(N)N)ccc1OCC(C)C. The Morgan fingerprint density at radius 3 is 2.63 bits per heavy atom. The number of methoxy groups -OCH3 is 1. The molecule has 19 heavy (non-hydrogen) atoms. The second kappa shape index (κ2) is 7.25. The highest BCUT2D eigenvalue weighted by atomic mass is 16.5. The normalized spacial score (nSPS) is 10.7. The van der Waals surface area contributed by atoms with Gasteiger partial charge in [-0.3, -0.25) is 0 Å². The Morgan fingerprint density at radius 2 is 2.05 bits per heavy atom. The molecule has 0 aliphatic carbocycles. The fourth-order valence-corrected chi connectivity index (χ4v) is 1.30. The van der Waals surface area contributed by atoms with Crippen LogP contribution in [0.4, 0.5) is 0 Å². The van der Waals surface area contributed by atoms with Crippen LogP contribution >= 0.6 is 0 Å². The van der Waals surface area contributed by atoms with Crippen LogP contribution in [0.15, 0.2) is 28.4 Å². The molecule has 0 heterocycles. The Labute approximate surface area is 113 Å². The zero-order valence-electron chi connectivity index (χ0n) is 11.5. The standard InChI is InChI=1S/C13H20N4O2/c1-9(2)8-19-11-5-4-10(6-12(11)18-3)7-16-17-13(14)15/h4-7,9H,8H2,1-3H3,(H4,14,15,17)/b16-7+. The van der Waals surface area contributed by atoms with E-state index in [1.54, 1.807) is 13.2 Å². The minimum atomic E-state index is -0.0832. The van der Waals surface area contributed by atoms with Crippen molar-refractivity contribution in [2.24, 2.45) is 27.6 Å². The van der Waals surface area contributed by atoms with Crippen molar-refractivity contribution in [3.63, 3.8) is 0 Å². The molecule has 104 valence electrons. The third-order valence-corrected chi connectivity index (χ3v) is 2.14. The molecule has 1 aromatic rings. The lowest BCUT2D eigenvalue weighted by atomic mass is 10.2. The van der Waals surface area contributed by atoms with Gasteiger partial charge in [-0.05, 0) is 29.7 Å². The van der Waals surface area contributed by atoms with Gasteiger partial charge in [0.2, 0.25) is 5.96 Å². The summed E-state index contributed by atoms with van der Waals surface area (Å²) in [4.78, 5) is 0. The van der Waals surface area contributed by atoms with Crippen LogP contribution in [0.5, 0.6) is 11.5 Å². The van der Waals surface area contributed by atoms with Gasteiger partial charge in [0, 0.05) is 0 Å². The van der Waals surface area contributed by atoms with Crippen LogP contribution in [0.3, 0.4) is 0 Å². The smallest absolute Gasteiger partial charge is 0.211 e. The quantitative estimate of drug-likeness (QED) is 0.460. The molecule has 0 radical (unpaired) electrons. The second-order valence-electron chi connectivity index (χ2n) is 4.38. The zero-order valence-corrected chi connectivity index (χ0v) is 11.5. The van der Waals surface area contributed by atoms with Gasteiger partial charge in [-0.2, -0.15) is 5.10 Å². The second-order valence-corrected chi connectivity index (χ2v) is 4.38. The van der Waals surface area contributed by atoms with E-state index >= 15 is 0 Å². The predicted octanol–water partition coefficient (Wildman–Crippen LogP) is 1.34. The molecule has 0 saturated heterocycles. The van der Waals surface area contributed by atoms with Crippen molar-refractivity contribution in [1.82, 2.24) is 0 Å². The van der Waals surface area contributed by atoms with E-state index in [1.165, 1.54) is 6.21 Å². The van der Waals surface area contributed by atoms with Crippen molar-refractivity contribution in [2.45, 2.75) is 13.8 Å². The van der Waals surface area contributed by atoms with Gasteiger partial charge in [-0.15, -0.1) is 5.10 Å². The number of benzene rings is 1. The summed E-state index contributed by atoms with van der Waals surface area (Å²) in [6, 6.07) is 5.49. The summed E-state index contributed by atoms with van der Waals surface area (Å²) in [5.41, 5.74) is 11.2. The maximum absolute atomic E-state index is 5.65. The molecule has 0 aliphatic rings. The lowest BCUT2D eigenvalue weighted by Crippen LogP contribution is -2.21. The van der Waals surface area contributed by atoms with Gasteiger partial charge in [0.1, 0.15) is 0 Å². The van der Waals surface area contributed by atoms with Crippen molar-refractivity contribution < 1.29 is 9.47 Å². The van der Waals surface area contributed by atoms with E-state index < -0.39 is 0 Å². The van der Waals surface area contributed by atoms with E-state index in [-0.39, 0.29) is 5.96 Å². The first-order chi connectivity index (χ1) is 9.02. The summed E-state index contributed by atoms with van der Waals surface area (Å²) in [7, 11) is 1.59. The number of guanidine groups is 1. The monoisotopic (exact) mass is 264 g/mol. The van der Waals surface area contributed by atoms with Gasteiger partial charge in [0.05, 0.1) is 19.9 Å². The van der Waals surface area contributed by atoms with Crippen molar-refractivity contribution in [3.05, 3.63) is 23.8 Å². The van der Waals surface area contributed by atoms with Gasteiger partial charge in [0.15, 0.2) is 11.5 Å². The van der Waals surface area contributed by atoms with E-state index in [9.17, 15) is 0 Å². The van der Waals surface area contributed by atoms with Gasteiger partial charge in [0.25, 0.3) is 0 Å². The number of nitrogens with two attached hydrogens (primary N) is 2. The van der Waals surface area contributed by atoms with Crippen LogP contribution in [0.2, 0.25) is 0 Å². The number of nitrogens with zero attached hydrogens (tertiary/aromatic N) is 2. The molecule has 0 spiro atoms. The van der Waals surface area contributed by atoms with Gasteiger partial charge in [-0.1, -0.05) is 13.8 Å². The van der Waals surface area contributed by atoms with Crippen LogP contribution in [0.1, 0.15) is 19.4 Å². The molecule has 0 amide bonds. The number of hydrogen-bond donors (Lipinski definition) is 2. The molecule has 0 saturated carbocycles. The van der Waals surface area contributed by atoms with Crippen LogP contribution in [0, 0.1) is 5.92 Å². The maximum Gasteiger partial charge on any atom is 0.211 e. The topological polar surface area (TPSA) is 95.2 Å². The van der Waals surface area contributed by atoms with Crippen LogP contribution in [-0.4, -0.2) is 25.9 Å². The molecule has 0 aromatic heterocycles. The van der Waals surface area contributed by atoms with Crippen molar-refractivity contribution in [1.29, 1.82) is 0 Å². The minimum Gasteiger partial charge on any atom is -0.493 e. The largest absolute Gasteiger partial charge is 0.493 e. The number of hydrogen-bond acceptors (Lipinski definition) is 4. The van der Waals surface area contributed by atoms with Gasteiger partial charge in [-0.25, -0.2) is 0 Å². The average molecular weight is 264 g/mol. The average Bonchev–Trinajstić information content (AvgIpc) is 2.36. The predicted molar refractivity (Wildman–Crippen MR) is 76.7 cm³/mol. The Hall–Kier alpha value is -2.24. The molecular weight excluding hydrogens is 244 g/mol. The van der Waals surface area contributed by atoms with Crippen molar-refractivity contribution in [3.8, 4) is 11.5 Å². The van der Waals surface area contributed by atoms with E-state index in [1.807, 2.05) is 12.1 Å². The summed E-state index contributed by atoms with van der Waals surface area (Å²) in [5, 5.41) is 7.26. The Morgan fingerprint density at radius 1 is 1.32 bits per heavy atom. The highest BCUT2D eigenvalue weighted by Gasteiger charge is 2.05. The first-order valence-corrected chi connectivity index (χ1v) is 5.95. The number of rotatable bonds is 6. The molecule has 0 aliphatic heterocycles. The van der Waals surface area contributed by atoms with Gasteiger partial charge < -0.3 is 20.9 Å². The molecule has 0 atom stereocenters.